The molecular weight excluding hydrogens is 232 g/mol. The molecule has 3 rings (SSSR count). The van der Waals surface area contributed by atoms with Crippen molar-refractivity contribution in [3.8, 4) is 0 Å². The first-order chi connectivity index (χ1) is 8.19. The molecule has 2 aromatic rings. The normalized spacial score (nSPS) is 21.9. The summed E-state index contributed by atoms with van der Waals surface area (Å²) in [7, 11) is -2.90. The lowest BCUT2D eigenvalue weighted by Gasteiger charge is -2.09. The Kier molecular flexibility index (Phi) is 2.19. The molecule has 4 heteroatoms. The first-order valence-corrected chi connectivity index (χ1v) is 6.95. The lowest BCUT2D eigenvalue weighted by molar-refractivity contribution is 0.675. The third-order valence-corrected chi connectivity index (χ3v) is 4.94. The highest BCUT2D eigenvalue weighted by Crippen LogP contribution is 2.33. The van der Waals surface area contributed by atoms with Crippen molar-refractivity contribution in [2.24, 2.45) is 0 Å². The first kappa shape index (κ1) is 10.4. The zero-order chi connectivity index (χ0) is 11.9. The average Bonchev–Trinajstić information content (AvgIpc) is 2.47. The van der Waals surface area contributed by atoms with Gasteiger partial charge < -0.3 is 5.32 Å². The second-order valence-electron chi connectivity index (χ2n) is 4.01. The van der Waals surface area contributed by atoms with Crippen molar-refractivity contribution in [3.63, 3.8) is 0 Å². The van der Waals surface area contributed by atoms with Gasteiger partial charge in [-0.15, -0.1) is 0 Å². The molecule has 0 saturated heterocycles. The predicted octanol–water partition coefficient (Wildman–Crippen LogP) is 3.08. The zero-order valence-corrected chi connectivity index (χ0v) is 9.96. The van der Waals surface area contributed by atoms with Gasteiger partial charge in [0.25, 0.3) is 0 Å². The molecule has 0 aliphatic carbocycles. The monoisotopic (exact) mass is 244 g/mol. The number of hydrogen-bond acceptors (Lipinski definition) is 3. The van der Waals surface area contributed by atoms with Gasteiger partial charge in [-0.3, -0.25) is 0 Å². The Labute approximate surface area is 100 Å². The second kappa shape index (κ2) is 3.60. The third kappa shape index (κ3) is 1.52. The van der Waals surface area contributed by atoms with E-state index in [4.69, 9.17) is 4.78 Å². The molecule has 0 bridgehead atoms. The van der Waals surface area contributed by atoms with Gasteiger partial charge in [-0.25, -0.2) is 8.99 Å². The summed E-state index contributed by atoms with van der Waals surface area (Å²) in [5.74, 6) is 0. The minimum atomic E-state index is -2.90. The van der Waals surface area contributed by atoms with Crippen LogP contribution in [0.2, 0.25) is 0 Å². The van der Waals surface area contributed by atoms with E-state index < -0.39 is 9.73 Å². The quantitative estimate of drug-likeness (QED) is 0.748. The summed E-state index contributed by atoms with van der Waals surface area (Å²) < 4.78 is 20.9. The van der Waals surface area contributed by atoms with E-state index in [0.717, 1.165) is 11.3 Å². The van der Waals surface area contributed by atoms with Crippen LogP contribution in [0, 0.1) is 4.78 Å². The molecule has 0 amide bonds. The van der Waals surface area contributed by atoms with Gasteiger partial charge in [0.15, 0.2) is 0 Å². The molecule has 2 aromatic carbocycles. The second-order valence-corrected chi connectivity index (χ2v) is 6.01. The number of nitrogens with one attached hydrogen (secondary N) is 2. The Hall–Kier alpha value is -1.81. The van der Waals surface area contributed by atoms with E-state index in [1.165, 1.54) is 0 Å². The highest BCUT2D eigenvalue weighted by atomic mass is 32.2. The molecule has 0 fully saturated rings. The van der Waals surface area contributed by atoms with Gasteiger partial charge in [-0.1, -0.05) is 30.3 Å². The number of para-hydroxylation sites is 1. The van der Waals surface area contributed by atoms with Crippen LogP contribution in [0.5, 0.6) is 0 Å². The molecule has 1 heterocycles. The van der Waals surface area contributed by atoms with E-state index in [1.54, 1.807) is 12.1 Å². The fourth-order valence-electron chi connectivity index (χ4n) is 2.10. The topological polar surface area (TPSA) is 53.0 Å². The van der Waals surface area contributed by atoms with Crippen LogP contribution in [0.15, 0.2) is 58.3 Å². The highest BCUT2D eigenvalue weighted by molar-refractivity contribution is 7.92. The molecule has 0 saturated carbocycles. The number of anilines is 1. The summed E-state index contributed by atoms with van der Waals surface area (Å²) in [6.45, 7) is 0.614. The summed E-state index contributed by atoms with van der Waals surface area (Å²) in [6.07, 6.45) is 0. The summed E-state index contributed by atoms with van der Waals surface area (Å²) in [6, 6.07) is 14.8. The van der Waals surface area contributed by atoms with Gasteiger partial charge in [-0.2, -0.15) is 0 Å². The predicted molar refractivity (Wildman–Crippen MR) is 67.6 cm³/mol. The summed E-state index contributed by atoms with van der Waals surface area (Å²) in [5.41, 5.74) is 1.73. The molecule has 1 atom stereocenters. The summed E-state index contributed by atoms with van der Waals surface area (Å²) in [4.78, 5) is 1.20. The number of benzene rings is 2. The van der Waals surface area contributed by atoms with Gasteiger partial charge in [-0.05, 0) is 23.8 Å². The standard InChI is InChI=1S/C13H12N2OS/c14-17(16)12-7-3-1-5-10(12)9-15-11-6-2-4-8-13(11)17/h1-8,14-15H,9H2. The minimum Gasteiger partial charge on any atom is -0.380 e. The lowest BCUT2D eigenvalue weighted by Crippen LogP contribution is -2.01. The molecule has 1 aliphatic heterocycles. The van der Waals surface area contributed by atoms with E-state index in [0.29, 0.717) is 16.3 Å². The first-order valence-electron chi connectivity index (χ1n) is 5.39. The van der Waals surface area contributed by atoms with Crippen LogP contribution in [0.3, 0.4) is 0 Å². The molecule has 2 N–H and O–H groups in total. The van der Waals surface area contributed by atoms with Crippen molar-refractivity contribution in [1.29, 1.82) is 4.78 Å². The molecule has 86 valence electrons. The maximum atomic E-state index is 12.7. The van der Waals surface area contributed by atoms with Crippen molar-refractivity contribution < 1.29 is 4.21 Å². The lowest BCUT2D eigenvalue weighted by atomic mass is 10.2. The van der Waals surface area contributed by atoms with Crippen LogP contribution in [-0.2, 0) is 16.3 Å². The number of rotatable bonds is 0. The van der Waals surface area contributed by atoms with E-state index in [-0.39, 0.29) is 0 Å². The largest absolute Gasteiger partial charge is 0.380 e. The van der Waals surface area contributed by atoms with Crippen molar-refractivity contribution in [1.82, 2.24) is 0 Å². The Balaban J connectivity index is 2.35. The SMILES string of the molecule is N=S1(=O)c2ccccc2CNc2ccccc21. The fraction of sp³-hybridized carbons (Fsp3) is 0.0769. The van der Waals surface area contributed by atoms with Gasteiger partial charge in [0, 0.05) is 6.54 Å². The third-order valence-electron chi connectivity index (χ3n) is 2.95. The minimum absolute atomic E-state index is 0.574. The molecule has 0 spiro atoms. The smallest absolute Gasteiger partial charge is 0.104 e. The van der Waals surface area contributed by atoms with Crippen molar-refractivity contribution >= 4 is 15.4 Å². The molecule has 1 unspecified atom stereocenters. The van der Waals surface area contributed by atoms with Crippen LogP contribution in [0.1, 0.15) is 5.56 Å². The van der Waals surface area contributed by atoms with Crippen molar-refractivity contribution in [2.45, 2.75) is 16.3 Å². The summed E-state index contributed by atoms with van der Waals surface area (Å²) >= 11 is 0. The molecule has 0 aromatic heterocycles. The Bertz CT molecular complexity index is 624. The van der Waals surface area contributed by atoms with Crippen LogP contribution < -0.4 is 5.32 Å². The highest BCUT2D eigenvalue weighted by Gasteiger charge is 2.22. The molecule has 3 nitrogen and oxygen atoms in total. The zero-order valence-electron chi connectivity index (χ0n) is 9.14. The molecule has 1 aliphatic rings. The van der Waals surface area contributed by atoms with Crippen LogP contribution in [-0.4, -0.2) is 4.21 Å². The molecular formula is C13H12N2OS. The van der Waals surface area contributed by atoms with E-state index >= 15 is 0 Å². The van der Waals surface area contributed by atoms with Gasteiger partial charge in [0.1, 0.15) is 9.73 Å². The Morgan fingerprint density at radius 1 is 1.00 bits per heavy atom. The van der Waals surface area contributed by atoms with Crippen LogP contribution in [0.25, 0.3) is 0 Å². The van der Waals surface area contributed by atoms with Crippen LogP contribution in [0.4, 0.5) is 5.69 Å². The van der Waals surface area contributed by atoms with E-state index in [9.17, 15) is 4.21 Å². The van der Waals surface area contributed by atoms with E-state index in [1.807, 2.05) is 36.4 Å². The Morgan fingerprint density at radius 2 is 1.65 bits per heavy atom. The van der Waals surface area contributed by atoms with Crippen LogP contribution >= 0.6 is 0 Å². The summed E-state index contributed by atoms with van der Waals surface area (Å²) in [5, 5.41) is 3.24. The fourth-order valence-corrected chi connectivity index (χ4v) is 3.84. The van der Waals surface area contributed by atoms with Gasteiger partial charge in [0.05, 0.1) is 15.5 Å². The molecule has 17 heavy (non-hydrogen) atoms. The van der Waals surface area contributed by atoms with Gasteiger partial charge >= 0.3 is 0 Å². The average molecular weight is 244 g/mol. The van der Waals surface area contributed by atoms with Crippen molar-refractivity contribution in [3.05, 3.63) is 54.1 Å². The maximum Gasteiger partial charge on any atom is 0.104 e. The van der Waals surface area contributed by atoms with Gasteiger partial charge in [0.2, 0.25) is 0 Å². The van der Waals surface area contributed by atoms with E-state index in [2.05, 4.69) is 5.32 Å². The maximum absolute atomic E-state index is 12.7. The number of fused-ring (bicyclic) bond motifs is 2. The Morgan fingerprint density at radius 3 is 2.47 bits per heavy atom. The molecule has 0 radical (unpaired) electrons. The number of hydrogen-bond donors (Lipinski definition) is 2. The van der Waals surface area contributed by atoms with Crippen molar-refractivity contribution in [2.75, 3.05) is 5.32 Å².